The van der Waals surface area contributed by atoms with Crippen LogP contribution in [-0.4, -0.2) is 26.4 Å². The van der Waals surface area contributed by atoms with Crippen LogP contribution in [0, 0.1) is 0 Å². The third kappa shape index (κ3) is 3.52. The van der Waals surface area contributed by atoms with Crippen molar-refractivity contribution >= 4 is 11.3 Å². The van der Waals surface area contributed by atoms with E-state index in [-0.39, 0.29) is 0 Å². The van der Waals surface area contributed by atoms with Crippen molar-refractivity contribution in [2.24, 2.45) is 0 Å². The maximum absolute atomic E-state index is 4.74. The first-order valence-corrected chi connectivity index (χ1v) is 9.04. The van der Waals surface area contributed by atoms with E-state index in [1.54, 1.807) is 11.3 Å². The van der Waals surface area contributed by atoms with Crippen LogP contribution in [0.25, 0.3) is 0 Å². The van der Waals surface area contributed by atoms with E-state index in [9.17, 15) is 0 Å². The van der Waals surface area contributed by atoms with E-state index in [0.717, 1.165) is 44.7 Å². The van der Waals surface area contributed by atoms with Gasteiger partial charge in [-0.1, -0.05) is 20.8 Å². The van der Waals surface area contributed by atoms with Crippen molar-refractivity contribution in [3.63, 3.8) is 0 Å². The molecule has 0 radical (unpaired) electrons. The van der Waals surface area contributed by atoms with E-state index >= 15 is 0 Å². The normalized spacial score (nSPS) is 15.3. The van der Waals surface area contributed by atoms with E-state index in [1.165, 1.54) is 22.0 Å². The molecule has 3 rings (SSSR count). The summed E-state index contributed by atoms with van der Waals surface area (Å²) in [6.07, 6.45) is 5.14. The molecule has 0 unspecified atom stereocenters. The first-order chi connectivity index (χ1) is 10.7. The Balaban J connectivity index is 1.66. The molecule has 0 bridgehead atoms. The molecule has 1 aliphatic rings. The van der Waals surface area contributed by atoms with Gasteiger partial charge < -0.3 is 0 Å². The molecule has 1 aliphatic heterocycles. The van der Waals surface area contributed by atoms with E-state index in [4.69, 9.17) is 9.97 Å². The molecule has 0 aromatic carbocycles. The number of rotatable bonds is 5. The van der Waals surface area contributed by atoms with Gasteiger partial charge in [0.05, 0.1) is 10.7 Å². The predicted octanol–water partition coefficient (Wildman–Crippen LogP) is 3.57. The van der Waals surface area contributed by atoms with Crippen molar-refractivity contribution in [1.82, 2.24) is 19.9 Å². The number of fused-ring (bicyclic) bond motifs is 1. The Morgan fingerprint density at radius 2 is 2.18 bits per heavy atom. The Morgan fingerprint density at radius 3 is 2.91 bits per heavy atom. The molecule has 2 aromatic heterocycles. The molecule has 0 saturated carbocycles. The first-order valence-electron chi connectivity index (χ1n) is 8.16. The summed E-state index contributed by atoms with van der Waals surface area (Å²) in [5.74, 6) is 1.52. The van der Waals surface area contributed by atoms with Crippen molar-refractivity contribution < 1.29 is 0 Å². The average Bonchev–Trinajstić information content (AvgIpc) is 2.96. The summed E-state index contributed by atoms with van der Waals surface area (Å²) < 4.78 is 0. The van der Waals surface area contributed by atoms with Gasteiger partial charge in [-0.3, -0.25) is 4.90 Å². The molecule has 5 heteroatoms. The molecule has 0 fully saturated rings. The van der Waals surface area contributed by atoms with E-state index in [1.807, 2.05) is 6.20 Å². The summed E-state index contributed by atoms with van der Waals surface area (Å²) in [4.78, 5) is 16.4. The maximum atomic E-state index is 4.74. The highest BCUT2D eigenvalue weighted by molar-refractivity contribution is 7.09. The molecule has 0 atom stereocenters. The van der Waals surface area contributed by atoms with Crippen LogP contribution >= 0.6 is 11.3 Å². The molecule has 0 spiro atoms. The lowest BCUT2D eigenvalue weighted by atomic mass is 10.1. The lowest BCUT2D eigenvalue weighted by Gasteiger charge is -2.27. The van der Waals surface area contributed by atoms with Crippen molar-refractivity contribution in [2.45, 2.75) is 59.0 Å². The van der Waals surface area contributed by atoms with Gasteiger partial charge in [-0.15, -0.1) is 11.3 Å². The van der Waals surface area contributed by atoms with Gasteiger partial charge in [-0.2, -0.15) is 0 Å². The second kappa shape index (κ2) is 6.84. The van der Waals surface area contributed by atoms with Crippen LogP contribution in [0.1, 0.15) is 60.9 Å². The topological polar surface area (TPSA) is 41.9 Å². The second-order valence-corrected chi connectivity index (χ2v) is 7.19. The largest absolute Gasteiger partial charge is 0.293 e. The Morgan fingerprint density at radius 1 is 1.32 bits per heavy atom. The highest BCUT2D eigenvalue weighted by Crippen LogP contribution is 2.22. The van der Waals surface area contributed by atoms with E-state index < -0.39 is 0 Å². The van der Waals surface area contributed by atoms with Gasteiger partial charge in [-0.25, -0.2) is 15.0 Å². The summed E-state index contributed by atoms with van der Waals surface area (Å²) in [6, 6.07) is 0. The average molecular weight is 316 g/mol. The molecule has 4 nitrogen and oxygen atoms in total. The standard InChI is InChI=1S/C17H24N4S/c1-4-5-16-18-8-13-9-21(7-6-15(13)20-16)10-14-11-22-17(19-14)12(2)3/h8,11-12H,4-7,9-10H2,1-3H3. The van der Waals surface area contributed by atoms with Crippen LogP contribution in [0.5, 0.6) is 0 Å². The highest BCUT2D eigenvalue weighted by Gasteiger charge is 2.19. The van der Waals surface area contributed by atoms with E-state index in [2.05, 4.69) is 36.0 Å². The molecule has 118 valence electrons. The molecule has 22 heavy (non-hydrogen) atoms. The van der Waals surface area contributed by atoms with Gasteiger partial charge in [0.1, 0.15) is 5.82 Å². The zero-order chi connectivity index (χ0) is 15.5. The molecule has 0 N–H and O–H groups in total. The predicted molar refractivity (Wildman–Crippen MR) is 90.0 cm³/mol. The van der Waals surface area contributed by atoms with Crippen LogP contribution in [-0.2, 0) is 25.9 Å². The zero-order valence-corrected chi connectivity index (χ0v) is 14.5. The Kier molecular flexibility index (Phi) is 4.84. The van der Waals surface area contributed by atoms with Gasteiger partial charge in [0.2, 0.25) is 0 Å². The van der Waals surface area contributed by atoms with E-state index in [0.29, 0.717) is 5.92 Å². The third-order valence-corrected chi connectivity index (χ3v) is 5.18. The van der Waals surface area contributed by atoms with Crippen LogP contribution < -0.4 is 0 Å². The number of hydrogen-bond acceptors (Lipinski definition) is 5. The summed E-state index contributed by atoms with van der Waals surface area (Å²) >= 11 is 1.78. The number of aryl methyl sites for hydroxylation is 1. The quantitative estimate of drug-likeness (QED) is 0.846. The smallest absolute Gasteiger partial charge is 0.128 e. The number of thiazole rings is 1. The minimum Gasteiger partial charge on any atom is -0.293 e. The highest BCUT2D eigenvalue weighted by atomic mass is 32.1. The first kappa shape index (κ1) is 15.6. The van der Waals surface area contributed by atoms with Crippen LogP contribution in [0.15, 0.2) is 11.6 Å². The fourth-order valence-corrected chi connectivity index (χ4v) is 3.61. The molecule has 2 aromatic rings. The summed E-state index contributed by atoms with van der Waals surface area (Å²) in [7, 11) is 0. The molecule has 0 saturated heterocycles. The Labute approximate surface area is 136 Å². The van der Waals surface area contributed by atoms with Gasteiger partial charge in [0, 0.05) is 61.2 Å². The minimum atomic E-state index is 0.520. The number of hydrogen-bond donors (Lipinski definition) is 0. The number of aromatic nitrogens is 3. The second-order valence-electron chi connectivity index (χ2n) is 6.30. The Bertz CT molecular complexity index is 635. The summed E-state index contributed by atoms with van der Waals surface area (Å²) in [5.41, 5.74) is 3.72. The summed E-state index contributed by atoms with van der Waals surface area (Å²) in [5, 5.41) is 3.44. The molecule has 0 amide bonds. The molecule has 3 heterocycles. The van der Waals surface area contributed by atoms with Crippen LogP contribution in [0.2, 0.25) is 0 Å². The summed E-state index contributed by atoms with van der Waals surface area (Å²) in [6.45, 7) is 9.50. The van der Waals surface area contributed by atoms with Crippen LogP contribution in [0.3, 0.4) is 0 Å². The van der Waals surface area contributed by atoms with Crippen molar-refractivity contribution in [2.75, 3.05) is 6.54 Å². The van der Waals surface area contributed by atoms with Crippen molar-refractivity contribution in [3.05, 3.63) is 39.4 Å². The fourth-order valence-electron chi connectivity index (χ4n) is 2.78. The van der Waals surface area contributed by atoms with Crippen molar-refractivity contribution in [3.8, 4) is 0 Å². The van der Waals surface area contributed by atoms with Crippen molar-refractivity contribution in [1.29, 1.82) is 0 Å². The van der Waals surface area contributed by atoms with Gasteiger partial charge in [-0.05, 0) is 6.42 Å². The SMILES string of the molecule is CCCc1ncc2c(n1)CCN(Cc1csc(C(C)C)n1)C2. The molecular formula is C17H24N4S. The number of nitrogens with zero attached hydrogens (tertiary/aromatic N) is 4. The lowest BCUT2D eigenvalue weighted by molar-refractivity contribution is 0.240. The third-order valence-electron chi connectivity index (χ3n) is 3.99. The van der Waals surface area contributed by atoms with Gasteiger partial charge >= 0.3 is 0 Å². The molecule has 0 aliphatic carbocycles. The monoisotopic (exact) mass is 316 g/mol. The minimum absolute atomic E-state index is 0.520. The fraction of sp³-hybridized carbons (Fsp3) is 0.588. The lowest BCUT2D eigenvalue weighted by Crippen LogP contribution is -2.31. The Hall–Kier alpha value is -1.33. The van der Waals surface area contributed by atoms with Gasteiger partial charge in [0.15, 0.2) is 0 Å². The van der Waals surface area contributed by atoms with Crippen LogP contribution in [0.4, 0.5) is 0 Å². The van der Waals surface area contributed by atoms with Gasteiger partial charge in [0.25, 0.3) is 0 Å². The maximum Gasteiger partial charge on any atom is 0.128 e. The zero-order valence-electron chi connectivity index (χ0n) is 13.7. The molecular weight excluding hydrogens is 292 g/mol.